The van der Waals surface area contributed by atoms with Crippen LogP contribution in [0.15, 0.2) is 35.5 Å². The number of H-pyrrole nitrogens is 1. The zero-order valence-electron chi connectivity index (χ0n) is 12.1. The van der Waals surface area contributed by atoms with Gasteiger partial charge < -0.3 is 4.98 Å². The highest BCUT2D eigenvalue weighted by Crippen LogP contribution is 2.19. The van der Waals surface area contributed by atoms with Gasteiger partial charge in [0.25, 0.3) is 0 Å². The average molecular weight is 295 g/mol. The van der Waals surface area contributed by atoms with Gasteiger partial charge in [-0.2, -0.15) is 9.61 Å². The fourth-order valence-corrected chi connectivity index (χ4v) is 2.32. The molecular formula is C14H13N7O. The van der Waals surface area contributed by atoms with Crippen LogP contribution in [0.1, 0.15) is 19.9 Å². The maximum atomic E-state index is 12.1. The van der Waals surface area contributed by atoms with Crippen molar-refractivity contribution < 1.29 is 0 Å². The molecule has 0 aliphatic heterocycles. The zero-order valence-corrected chi connectivity index (χ0v) is 12.1. The number of aromatic amines is 1. The molecule has 0 saturated heterocycles. The second-order valence-electron chi connectivity index (χ2n) is 5.30. The van der Waals surface area contributed by atoms with E-state index in [9.17, 15) is 4.79 Å². The molecule has 4 aromatic rings. The van der Waals surface area contributed by atoms with Crippen molar-refractivity contribution in [3.63, 3.8) is 0 Å². The summed E-state index contributed by atoms with van der Waals surface area (Å²) in [5, 5.41) is 8.55. The van der Waals surface area contributed by atoms with Crippen LogP contribution in [-0.4, -0.2) is 34.3 Å². The minimum absolute atomic E-state index is 0.247. The molecule has 1 N–H and O–H groups in total. The van der Waals surface area contributed by atoms with Crippen LogP contribution in [0.5, 0.6) is 0 Å². The van der Waals surface area contributed by atoms with Gasteiger partial charge in [0, 0.05) is 18.4 Å². The van der Waals surface area contributed by atoms with Crippen molar-refractivity contribution in [2.45, 2.75) is 19.9 Å². The molecule has 4 rings (SSSR count). The third kappa shape index (κ3) is 1.80. The lowest BCUT2D eigenvalue weighted by Crippen LogP contribution is -2.17. The Kier molecular flexibility index (Phi) is 2.59. The lowest BCUT2D eigenvalue weighted by Gasteiger charge is -2.02. The van der Waals surface area contributed by atoms with E-state index in [0.29, 0.717) is 22.5 Å². The number of rotatable bonds is 2. The third-order valence-corrected chi connectivity index (χ3v) is 3.45. The van der Waals surface area contributed by atoms with Crippen LogP contribution in [0.3, 0.4) is 0 Å². The lowest BCUT2D eigenvalue weighted by atomic mass is 10.3. The van der Waals surface area contributed by atoms with E-state index in [4.69, 9.17) is 0 Å². The molecule has 0 atom stereocenters. The van der Waals surface area contributed by atoms with Crippen LogP contribution in [0, 0.1) is 0 Å². The molecule has 0 fully saturated rings. The molecule has 0 amide bonds. The first-order chi connectivity index (χ1) is 10.6. The van der Waals surface area contributed by atoms with Gasteiger partial charge in [0.1, 0.15) is 5.52 Å². The van der Waals surface area contributed by atoms with Crippen molar-refractivity contribution in [3.8, 4) is 11.4 Å². The van der Waals surface area contributed by atoms with E-state index in [1.54, 1.807) is 24.5 Å². The Morgan fingerprint density at radius 2 is 2.18 bits per heavy atom. The van der Waals surface area contributed by atoms with Crippen molar-refractivity contribution in [1.82, 2.24) is 34.3 Å². The summed E-state index contributed by atoms with van der Waals surface area (Å²) in [6.07, 6.45) is 5.22. The largest absolute Gasteiger partial charge is 0.348 e. The van der Waals surface area contributed by atoms with Crippen LogP contribution in [0.4, 0.5) is 0 Å². The number of nitrogens with zero attached hydrogens (tertiary/aromatic N) is 6. The fraction of sp³-hybridized carbons (Fsp3) is 0.214. The van der Waals surface area contributed by atoms with Gasteiger partial charge >= 0.3 is 5.69 Å². The van der Waals surface area contributed by atoms with Gasteiger partial charge in [-0.05, 0) is 26.0 Å². The van der Waals surface area contributed by atoms with E-state index < -0.39 is 0 Å². The standard InChI is InChI=1S/C14H13N7O/c1-8(2)20-7-9(6-16-20)12-18-13-11-10(4-3-5-15-11)17-14(22)21(13)19-12/h3-8H,1-2H3,(H,17,22). The topological polar surface area (TPSA) is 93.8 Å². The van der Waals surface area contributed by atoms with Gasteiger partial charge in [-0.3, -0.25) is 9.67 Å². The average Bonchev–Trinajstić information content (AvgIpc) is 3.14. The van der Waals surface area contributed by atoms with Gasteiger partial charge in [-0.25, -0.2) is 9.78 Å². The number of hydrogen-bond acceptors (Lipinski definition) is 5. The lowest BCUT2D eigenvalue weighted by molar-refractivity contribution is 0.532. The van der Waals surface area contributed by atoms with Gasteiger partial charge in [0.05, 0.1) is 17.3 Å². The molecule has 8 nitrogen and oxygen atoms in total. The Morgan fingerprint density at radius 3 is 2.95 bits per heavy atom. The summed E-state index contributed by atoms with van der Waals surface area (Å²) < 4.78 is 3.05. The monoisotopic (exact) mass is 295 g/mol. The first-order valence-corrected chi connectivity index (χ1v) is 6.92. The van der Waals surface area contributed by atoms with Crippen molar-refractivity contribution >= 4 is 16.7 Å². The summed E-state index contributed by atoms with van der Waals surface area (Å²) in [6, 6.07) is 3.80. The summed E-state index contributed by atoms with van der Waals surface area (Å²) in [7, 11) is 0. The Bertz CT molecular complexity index is 1040. The van der Waals surface area contributed by atoms with Gasteiger partial charge in [0.15, 0.2) is 11.5 Å². The highest BCUT2D eigenvalue weighted by atomic mass is 16.1. The van der Waals surface area contributed by atoms with Crippen molar-refractivity contribution in [2.75, 3.05) is 0 Å². The molecule has 0 aromatic carbocycles. The van der Waals surface area contributed by atoms with E-state index >= 15 is 0 Å². The molecule has 0 aliphatic rings. The molecule has 22 heavy (non-hydrogen) atoms. The molecule has 110 valence electrons. The minimum Gasteiger partial charge on any atom is -0.304 e. The summed E-state index contributed by atoms with van der Waals surface area (Å²) >= 11 is 0. The summed E-state index contributed by atoms with van der Waals surface area (Å²) in [6.45, 7) is 4.08. The molecule has 0 saturated carbocycles. The Hall–Kier alpha value is -3.03. The second-order valence-corrected chi connectivity index (χ2v) is 5.30. The molecule has 8 heteroatoms. The molecule has 0 spiro atoms. The van der Waals surface area contributed by atoms with Crippen LogP contribution in [0.25, 0.3) is 28.1 Å². The maximum Gasteiger partial charge on any atom is 0.348 e. The number of fused-ring (bicyclic) bond motifs is 3. The van der Waals surface area contributed by atoms with Crippen LogP contribution < -0.4 is 5.69 Å². The Labute approximate surface area is 124 Å². The zero-order chi connectivity index (χ0) is 15.3. The Morgan fingerprint density at radius 1 is 1.32 bits per heavy atom. The molecule has 0 unspecified atom stereocenters. The molecule has 0 radical (unpaired) electrons. The summed E-state index contributed by atoms with van der Waals surface area (Å²) in [4.78, 5) is 23.6. The van der Waals surface area contributed by atoms with Crippen LogP contribution >= 0.6 is 0 Å². The van der Waals surface area contributed by atoms with Gasteiger partial charge in [-0.15, -0.1) is 5.10 Å². The smallest absolute Gasteiger partial charge is 0.304 e. The Balaban J connectivity index is 1.98. The van der Waals surface area contributed by atoms with E-state index in [2.05, 4.69) is 25.1 Å². The fourth-order valence-electron chi connectivity index (χ4n) is 2.32. The van der Waals surface area contributed by atoms with E-state index in [1.807, 2.05) is 24.7 Å². The number of nitrogens with one attached hydrogen (secondary N) is 1. The predicted molar refractivity (Wildman–Crippen MR) is 80.5 cm³/mol. The summed E-state index contributed by atoms with van der Waals surface area (Å²) in [5.74, 6) is 0.454. The first kappa shape index (κ1) is 12.7. The van der Waals surface area contributed by atoms with E-state index in [0.717, 1.165) is 5.56 Å². The normalized spacial score (nSPS) is 11.8. The highest BCUT2D eigenvalue weighted by Gasteiger charge is 2.14. The molecular weight excluding hydrogens is 282 g/mol. The number of aromatic nitrogens is 7. The quantitative estimate of drug-likeness (QED) is 0.603. The first-order valence-electron chi connectivity index (χ1n) is 6.92. The maximum absolute atomic E-state index is 12.1. The minimum atomic E-state index is -0.342. The number of hydrogen-bond donors (Lipinski definition) is 1. The molecule has 0 aliphatic carbocycles. The van der Waals surface area contributed by atoms with E-state index in [-0.39, 0.29) is 11.7 Å². The second kappa shape index (κ2) is 4.48. The summed E-state index contributed by atoms with van der Waals surface area (Å²) in [5.41, 5.74) is 2.10. The van der Waals surface area contributed by atoms with E-state index in [1.165, 1.54) is 4.52 Å². The number of pyridine rings is 1. The molecule has 0 bridgehead atoms. The van der Waals surface area contributed by atoms with Crippen LogP contribution in [0.2, 0.25) is 0 Å². The van der Waals surface area contributed by atoms with Crippen molar-refractivity contribution in [3.05, 3.63) is 41.2 Å². The molecule has 4 heterocycles. The van der Waals surface area contributed by atoms with Gasteiger partial charge in [0.2, 0.25) is 0 Å². The highest BCUT2D eigenvalue weighted by molar-refractivity contribution is 5.87. The SMILES string of the molecule is CC(C)n1cc(-c2nc3c4ncccc4[nH]c(=O)n3n2)cn1. The predicted octanol–water partition coefficient (Wildman–Crippen LogP) is 1.41. The van der Waals surface area contributed by atoms with Gasteiger partial charge in [-0.1, -0.05) is 0 Å². The van der Waals surface area contributed by atoms with Crippen molar-refractivity contribution in [1.29, 1.82) is 0 Å². The molecule has 4 aromatic heterocycles. The van der Waals surface area contributed by atoms with Crippen LogP contribution in [-0.2, 0) is 0 Å². The van der Waals surface area contributed by atoms with Crippen molar-refractivity contribution in [2.24, 2.45) is 0 Å². The third-order valence-electron chi connectivity index (χ3n) is 3.45.